The Morgan fingerprint density at radius 1 is 0.409 bits per heavy atom. The van der Waals surface area contributed by atoms with E-state index < -0.39 is 265 Å². The maximum atomic E-state index is 15.3. The molecule has 0 aliphatic carbocycles. The van der Waals surface area contributed by atoms with E-state index in [9.17, 15) is 58.2 Å². The highest BCUT2D eigenvalue weighted by Gasteiger charge is 2.50. The Morgan fingerprint density at radius 2 is 0.745 bits per heavy atom. The number of Topliss-reactive ketones (excluding diaryl/α,β-unsaturated/α-hetero) is 4. The minimum Gasteiger partial charge on any atom is -0.481 e. The number of nitrogens with zero attached hydrogens (tertiary/aromatic N) is 10. The maximum absolute atomic E-state index is 15.3. The molecule has 5 aliphatic rings. The highest BCUT2D eigenvalue weighted by Crippen LogP contribution is 2.38. The third kappa shape index (κ3) is 29.9. The van der Waals surface area contributed by atoms with Crippen LogP contribution in [0.5, 0.6) is 0 Å². The second-order valence-electron chi connectivity index (χ2n) is 39.8. The lowest BCUT2D eigenvalue weighted by atomic mass is 9.84. The summed E-state index contributed by atoms with van der Waals surface area (Å²) in [6, 6.07) is 13.1. The highest BCUT2D eigenvalue weighted by atomic mass is 32.2. The van der Waals surface area contributed by atoms with E-state index in [2.05, 4.69) is 0 Å². The Morgan fingerprint density at radius 3 is 1.04 bits per heavy atom. The van der Waals surface area contributed by atoms with Crippen LogP contribution in [0.1, 0.15) is 211 Å². The summed E-state index contributed by atoms with van der Waals surface area (Å²) >= 11 is 2.23. The van der Waals surface area contributed by atoms with Crippen LogP contribution in [0.15, 0.2) is 60.7 Å². The van der Waals surface area contributed by atoms with Crippen LogP contribution in [0.3, 0.4) is 0 Å². The summed E-state index contributed by atoms with van der Waals surface area (Å²) in [6.07, 6.45) is -5.28. The minimum absolute atomic E-state index is 0.149. The van der Waals surface area contributed by atoms with Gasteiger partial charge in [-0.15, -0.1) is 23.5 Å². The number of ether oxygens (including phenoxy) is 4. The Labute approximate surface area is 817 Å². The molecule has 0 saturated carbocycles. The number of ketones is 4. The molecule has 137 heavy (non-hydrogen) atoms. The van der Waals surface area contributed by atoms with Crippen LogP contribution in [-0.2, 0) is 118 Å². The van der Waals surface area contributed by atoms with Crippen LogP contribution in [0, 0.1) is 71.0 Å². The zero-order chi connectivity index (χ0) is 102. The standard InChI is InChI=1S/C101H152N10O24S2/c1-58(2)70(96(124)104(17)92(62(9)10)78(132-19)53-86(120)106-41-29-35-72(106)94(134-21)64(13)74(112)49-68(100(128)129)47-66-31-25-23-26-32-66)51-76(114)90(60(5)6)102(15)82(116)39-45-110-84(118)37-43-108-88(122)55-80(98(108)126)136-57-137-81-56-89(123)109(99(81)127)44-38-85(119)111(110)46-40-83(117)103(16)91(61(7)8)77(115)52-71(59(3)4)97(125)105(18)93(63(11)12)79(133-20)54-87(121)107-42-30-36-73(107)95(135-22)65(14)75(113)50-69(101(130)131)48-67-33-27-24-28-34-67/h23-28,31-34,58-65,68-73,78-81,90-95H,29-30,35-57H2,1-22H3,(H,128,129)(H,130,131)/t64-,65-,68+,69+,70-,71-,72-,73-,78?,79?,80?,81?,90-,91-,92-,93-,94+,95+/m0/s1. The van der Waals surface area contributed by atoms with Crippen molar-refractivity contribution < 1.29 is 115 Å². The SMILES string of the molecule is COC(CC(=O)N1CCC[C@H]1[C@H](OC)[C@@H](C)C(=O)C[C@@H](Cc1ccccc1)C(=O)O)[C@H](C(C)C)N(C)C(=O)[C@@H](CC(=O)[C@H](C(C)C)N(C)C(=O)CCN1C(=O)CCN2C(=O)CC(SCSC3CC(=O)N(CCC(=O)N1CCC(=O)N(C)[C@H](C(=O)C[C@H](C(=O)N(C)[C@@H](C(C)C)C(CC(=O)N1CCC[C@H]1[C@H](OC)[C@@H](C)C(=O)C[C@@H](Cc1ccccc1)C(=O)O)OC)C(C)C)C(C)C)C3=O)C2=O)C(C)C. The van der Waals surface area contributed by atoms with Gasteiger partial charge in [-0.3, -0.25) is 106 Å². The number of hydrazine groups is 1. The van der Waals surface area contributed by atoms with Crippen molar-refractivity contribution in [3.8, 4) is 0 Å². The summed E-state index contributed by atoms with van der Waals surface area (Å²) < 4.78 is 24.2. The van der Waals surface area contributed by atoms with Gasteiger partial charge in [-0.05, 0) is 85.2 Å². The summed E-state index contributed by atoms with van der Waals surface area (Å²) in [5.74, 6) is -19.3. The molecular weight excluding hydrogens is 1800 g/mol. The van der Waals surface area contributed by atoms with Crippen molar-refractivity contribution in [1.82, 2.24) is 49.2 Å². The van der Waals surface area contributed by atoms with E-state index in [1.807, 2.05) is 39.8 Å². The number of likely N-dealkylation sites (tertiary alicyclic amines) is 2. The van der Waals surface area contributed by atoms with Gasteiger partial charge >= 0.3 is 11.9 Å². The molecule has 2 aromatic rings. The first-order valence-electron chi connectivity index (χ1n) is 48.5. The molecule has 4 bridgehead atoms. The van der Waals surface area contributed by atoms with E-state index in [0.29, 0.717) is 38.8 Å². The normalized spacial score (nSPS) is 20.8. The van der Waals surface area contributed by atoms with Gasteiger partial charge in [-0.2, -0.15) is 0 Å². The van der Waals surface area contributed by atoms with Gasteiger partial charge in [0.15, 0.2) is 11.6 Å². The van der Waals surface area contributed by atoms with Crippen molar-refractivity contribution in [3.05, 3.63) is 71.8 Å². The average molecular weight is 1950 g/mol. The molecule has 0 spiro atoms. The molecule has 4 unspecified atom stereocenters. The zero-order valence-electron chi connectivity index (χ0n) is 84.5. The van der Waals surface area contributed by atoms with Crippen LogP contribution in [0.25, 0.3) is 0 Å². The number of rotatable bonds is 50. The molecule has 5 saturated heterocycles. The van der Waals surface area contributed by atoms with Crippen molar-refractivity contribution in [2.75, 3.05) is 101 Å². The molecule has 36 heteroatoms. The molecule has 34 nitrogen and oxygen atoms in total. The van der Waals surface area contributed by atoms with Gasteiger partial charge in [-0.25, -0.2) is 0 Å². The van der Waals surface area contributed by atoms with Crippen LogP contribution in [0.2, 0.25) is 0 Å². The number of thioether (sulfide) groups is 2. The first-order chi connectivity index (χ1) is 64.6. The van der Waals surface area contributed by atoms with E-state index in [-0.39, 0.29) is 105 Å². The molecule has 762 valence electrons. The van der Waals surface area contributed by atoms with Gasteiger partial charge in [-0.1, -0.05) is 158 Å². The van der Waals surface area contributed by atoms with E-state index >= 15 is 38.4 Å². The highest BCUT2D eigenvalue weighted by molar-refractivity contribution is 8.17. The van der Waals surface area contributed by atoms with E-state index in [1.165, 1.54) is 62.1 Å². The number of fused-ring (bicyclic) bond motifs is 4. The molecule has 18 atom stereocenters. The van der Waals surface area contributed by atoms with Crippen LogP contribution < -0.4 is 0 Å². The number of carbonyl (C=O) groups is 18. The Kier molecular flexibility index (Phi) is 44.6. The molecule has 5 fully saturated rings. The molecule has 7 rings (SSSR count). The van der Waals surface area contributed by atoms with Gasteiger partial charge in [0.25, 0.3) is 0 Å². The van der Waals surface area contributed by atoms with Crippen LogP contribution in [-0.4, -0.2) is 338 Å². The maximum Gasteiger partial charge on any atom is 0.307 e. The summed E-state index contributed by atoms with van der Waals surface area (Å²) in [5.41, 5.74) is 1.55. The van der Waals surface area contributed by atoms with E-state index in [0.717, 1.165) is 54.5 Å². The number of carboxylic acid groups (broad SMARTS) is 2. The van der Waals surface area contributed by atoms with Crippen LogP contribution >= 0.6 is 23.5 Å². The number of hydrogen-bond donors (Lipinski definition) is 2. The molecular formula is C101H152N10O24S2. The Bertz CT molecular complexity index is 4260. The molecule has 5 aliphatic heterocycles. The molecule has 12 amide bonds. The molecule has 2 aromatic carbocycles. The third-order valence-electron chi connectivity index (χ3n) is 28.5. The minimum atomic E-state index is -1.20. The fourth-order valence-corrected chi connectivity index (χ4v) is 23.5. The summed E-state index contributed by atoms with van der Waals surface area (Å²) in [5, 5.41) is 20.6. The molecule has 2 N–H and O–H groups in total. The monoisotopic (exact) mass is 1950 g/mol. The fourth-order valence-electron chi connectivity index (χ4n) is 20.8. The number of methoxy groups -OCH3 is 4. The molecule has 0 radical (unpaired) electrons. The van der Waals surface area contributed by atoms with Crippen molar-refractivity contribution in [2.45, 2.75) is 284 Å². The van der Waals surface area contributed by atoms with E-state index in [4.69, 9.17) is 18.9 Å². The fraction of sp³-hybridized carbons (Fsp3) is 0.703. The number of aliphatic carboxylic acids is 2. The number of benzene rings is 2. The van der Waals surface area contributed by atoms with Crippen molar-refractivity contribution >= 4 is 129 Å². The lowest BCUT2D eigenvalue weighted by molar-refractivity contribution is -0.167. The van der Waals surface area contributed by atoms with Crippen LogP contribution in [0.4, 0.5) is 0 Å². The van der Waals surface area contributed by atoms with Gasteiger partial charge in [0, 0.05) is 176 Å². The summed E-state index contributed by atoms with van der Waals surface area (Å²) in [7, 11) is 11.8. The number of likely N-dealkylation sites (N-methyl/N-ethyl adjacent to an activating group) is 4. The Balaban J connectivity index is 1.09. The number of hydrogen-bond acceptors (Lipinski definition) is 24. The Hall–Kier alpha value is -9.36. The molecule has 0 aromatic heterocycles. The summed E-state index contributed by atoms with van der Waals surface area (Å²) in [4.78, 5) is 270. The summed E-state index contributed by atoms with van der Waals surface area (Å²) in [6.45, 7) is 23.4. The molecule has 5 heterocycles. The number of amides is 12. The number of carboxylic acids is 2. The zero-order valence-corrected chi connectivity index (χ0v) is 86.1. The quantitative estimate of drug-likeness (QED) is 0.0583. The first kappa shape index (κ1) is 115. The topological polar surface area (TPSA) is 417 Å². The van der Waals surface area contributed by atoms with Gasteiger partial charge < -0.3 is 58.6 Å². The van der Waals surface area contributed by atoms with Crippen molar-refractivity contribution in [2.24, 2.45) is 71.0 Å². The lowest BCUT2D eigenvalue weighted by Gasteiger charge is -2.40. The predicted octanol–water partition coefficient (Wildman–Crippen LogP) is 9.11. The van der Waals surface area contributed by atoms with E-state index in [1.54, 1.807) is 142 Å². The first-order valence-corrected chi connectivity index (χ1v) is 50.6. The van der Waals surface area contributed by atoms with Crippen molar-refractivity contribution in [1.29, 1.82) is 0 Å². The largest absolute Gasteiger partial charge is 0.481 e. The number of carbonyl (C=O) groups excluding carboxylic acids is 16. The second kappa shape index (κ2) is 53.3. The average Bonchev–Trinajstić information content (AvgIpc) is 1.39. The number of imide groups is 2. The smallest absolute Gasteiger partial charge is 0.307 e. The van der Waals surface area contributed by atoms with Gasteiger partial charge in [0.1, 0.15) is 11.6 Å². The van der Waals surface area contributed by atoms with Gasteiger partial charge in [0.2, 0.25) is 70.9 Å². The predicted molar refractivity (Wildman–Crippen MR) is 516 cm³/mol. The van der Waals surface area contributed by atoms with Gasteiger partial charge in [0.05, 0.1) is 109 Å². The van der Waals surface area contributed by atoms with Crippen molar-refractivity contribution in [3.63, 3.8) is 0 Å². The lowest BCUT2D eigenvalue weighted by Crippen LogP contribution is -2.55. The third-order valence-corrected chi connectivity index (χ3v) is 31.1. The second-order valence-corrected chi connectivity index (χ2v) is 42.5.